The third-order valence-electron chi connectivity index (χ3n) is 6.78. The number of benzene rings is 4. The van der Waals surface area contributed by atoms with E-state index < -0.39 is 85.4 Å². The second kappa shape index (κ2) is 21.1. The summed E-state index contributed by atoms with van der Waals surface area (Å²) in [4.78, 5) is 34.3. The smallest absolute Gasteiger partial charge is 0.462 e. The largest absolute Gasteiger partial charge is 0.513 e. The normalized spacial score (nSPS) is 14.1. The van der Waals surface area contributed by atoms with Gasteiger partial charge in [0.1, 0.15) is 23.6 Å². The van der Waals surface area contributed by atoms with Crippen molar-refractivity contribution >= 4 is 44.7 Å². The first-order valence-corrected chi connectivity index (χ1v) is 20.5. The van der Waals surface area contributed by atoms with Gasteiger partial charge in [0, 0.05) is 12.1 Å². The number of nitrogens with zero attached hydrogens (tertiary/aromatic N) is 1. The van der Waals surface area contributed by atoms with Crippen molar-refractivity contribution in [3.8, 4) is 23.0 Å². The number of nitro groups is 1. The SMILES string of the molecule is CC(C)OC(=O)[C@H](C)NP(=O)(Oc1ccccc1)Oc1c(F)c(F)c(F)c(F)c1F.CC(C)OC(=O)[C@H](C)NP(=O)(Oc1ccccc1)Oc1ccc([N+](=O)[O-])cc1Cl. The van der Waals surface area contributed by atoms with Crippen molar-refractivity contribution in [1.29, 1.82) is 0 Å². The molecule has 0 amide bonds. The van der Waals surface area contributed by atoms with Gasteiger partial charge in [0.25, 0.3) is 5.69 Å². The predicted octanol–water partition coefficient (Wildman–Crippen LogP) is 9.62. The van der Waals surface area contributed by atoms with E-state index in [0.29, 0.717) is 0 Å². The molecule has 4 aromatic carbocycles. The minimum atomic E-state index is -4.91. The van der Waals surface area contributed by atoms with Gasteiger partial charge in [-0.3, -0.25) is 19.7 Å². The third kappa shape index (κ3) is 14.2. The monoisotopic (exact) mass is 895 g/mol. The van der Waals surface area contributed by atoms with Crippen molar-refractivity contribution in [3.63, 3.8) is 0 Å². The van der Waals surface area contributed by atoms with Gasteiger partial charge in [0.05, 0.1) is 22.2 Å². The minimum absolute atomic E-state index is 0.117. The van der Waals surface area contributed by atoms with Gasteiger partial charge < -0.3 is 27.6 Å². The molecular weight excluding hydrogens is 859 g/mol. The lowest BCUT2D eigenvalue weighted by Crippen LogP contribution is -2.37. The number of nitro benzene ring substituents is 1. The summed E-state index contributed by atoms with van der Waals surface area (Å²) in [6.07, 6.45) is -0.918. The minimum Gasteiger partial charge on any atom is -0.462 e. The first-order chi connectivity index (χ1) is 27.5. The lowest BCUT2D eigenvalue weighted by Gasteiger charge is -2.24. The Bertz CT molecular complexity index is 2180. The molecule has 320 valence electrons. The number of halogens is 6. The summed E-state index contributed by atoms with van der Waals surface area (Å²) in [6.45, 7) is 9.04. The Balaban J connectivity index is 0.000000316. The maximum atomic E-state index is 14.0. The van der Waals surface area contributed by atoms with Crippen LogP contribution in [0.15, 0.2) is 78.9 Å². The van der Waals surface area contributed by atoms with Crippen molar-refractivity contribution in [1.82, 2.24) is 10.2 Å². The first kappa shape index (κ1) is 48.1. The molecular formula is C36H37ClF5N3O12P2. The topological polar surface area (TPSA) is 191 Å². The van der Waals surface area contributed by atoms with Gasteiger partial charge in [-0.15, -0.1) is 0 Å². The van der Waals surface area contributed by atoms with E-state index in [0.717, 1.165) is 12.1 Å². The van der Waals surface area contributed by atoms with E-state index in [2.05, 4.69) is 14.7 Å². The summed E-state index contributed by atoms with van der Waals surface area (Å²) < 4.78 is 125. The maximum Gasteiger partial charge on any atom is 0.513 e. The second-order valence-corrected chi connectivity index (χ2v) is 16.1. The molecule has 4 atom stereocenters. The van der Waals surface area contributed by atoms with Crippen LogP contribution < -0.4 is 28.3 Å². The summed E-state index contributed by atoms with van der Waals surface area (Å²) in [7, 11) is -9.10. The average molecular weight is 896 g/mol. The highest BCUT2D eigenvalue weighted by Gasteiger charge is 2.39. The molecule has 4 rings (SSSR count). The molecule has 0 heterocycles. The fourth-order valence-electron chi connectivity index (χ4n) is 4.22. The van der Waals surface area contributed by atoms with Gasteiger partial charge in [-0.05, 0) is 71.9 Å². The number of non-ortho nitro benzene ring substituents is 1. The Morgan fingerprint density at radius 1 is 0.627 bits per heavy atom. The van der Waals surface area contributed by atoms with E-state index in [4.69, 9.17) is 34.6 Å². The third-order valence-corrected chi connectivity index (χ3v) is 10.2. The molecule has 0 radical (unpaired) electrons. The van der Waals surface area contributed by atoms with Crippen LogP contribution in [-0.4, -0.2) is 41.2 Å². The zero-order valence-electron chi connectivity index (χ0n) is 31.8. The molecule has 23 heteroatoms. The molecule has 4 aromatic rings. The summed E-state index contributed by atoms with van der Waals surface area (Å²) in [5.41, 5.74) is -0.261. The summed E-state index contributed by atoms with van der Waals surface area (Å²) >= 11 is 6.02. The fraction of sp³-hybridized carbons (Fsp3) is 0.278. The molecule has 0 saturated carbocycles. The highest BCUT2D eigenvalue weighted by Crippen LogP contribution is 2.49. The molecule has 0 fully saturated rings. The highest BCUT2D eigenvalue weighted by atomic mass is 35.5. The van der Waals surface area contributed by atoms with E-state index in [1.165, 1.54) is 58.0 Å². The summed E-state index contributed by atoms with van der Waals surface area (Å²) in [5.74, 6) is -15.2. The molecule has 0 spiro atoms. The number of nitrogens with one attached hydrogen (secondary N) is 2. The Morgan fingerprint density at radius 2 is 1.02 bits per heavy atom. The number of hydrogen-bond acceptors (Lipinski definition) is 12. The predicted molar refractivity (Wildman–Crippen MR) is 203 cm³/mol. The maximum absolute atomic E-state index is 14.0. The molecule has 0 saturated heterocycles. The van der Waals surface area contributed by atoms with Crippen LogP contribution in [0.5, 0.6) is 23.0 Å². The molecule has 0 aliphatic carbocycles. The van der Waals surface area contributed by atoms with Gasteiger partial charge >= 0.3 is 27.4 Å². The summed E-state index contributed by atoms with van der Waals surface area (Å²) in [5, 5.41) is 15.3. The van der Waals surface area contributed by atoms with Crippen LogP contribution >= 0.6 is 27.1 Å². The van der Waals surface area contributed by atoms with Crippen LogP contribution in [0, 0.1) is 39.2 Å². The van der Waals surface area contributed by atoms with Crippen LogP contribution in [-0.2, 0) is 28.2 Å². The molecule has 0 aliphatic rings. The van der Waals surface area contributed by atoms with Crippen molar-refractivity contribution < 1.29 is 73.2 Å². The quantitative estimate of drug-likeness (QED) is 0.0194. The van der Waals surface area contributed by atoms with Crippen LogP contribution in [0.3, 0.4) is 0 Å². The lowest BCUT2D eigenvalue weighted by atomic mass is 10.3. The van der Waals surface area contributed by atoms with Crippen molar-refractivity contribution in [3.05, 3.63) is 123 Å². The van der Waals surface area contributed by atoms with Gasteiger partial charge in [-0.25, -0.2) is 22.3 Å². The fourth-order valence-corrected chi connectivity index (χ4v) is 7.55. The number of para-hydroxylation sites is 2. The molecule has 2 N–H and O–H groups in total. The number of esters is 2. The average Bonchev–Trinajstić information content (AvgIpc) is 3.16. The lowest BCUT2D eigenvalue weighted by molar-refractivity contribution is -0.384. The Morgan fingerprint density at radius 3 is 1.39 bits per heavy atom. The number of carbonyl (C=O) groups excluding carboxylic acids is 2. The van der Waals surface area contributed by atoms with Gasteiger partial charge in [-0.1, -0.05) is 48.0 Å². The van der Waals surface area contributed by atoms with E-state index in [1.54, 1.807) is 50.2 Å². The van der Waals surface area contributed by atoms with Gasteiger partial charge in [-0.2, -0.15) is 19.0 Å². The van der Waals surface area contributed by atoms with Crippen LogP contribution in [0.1, 0.15) is 41.5 Å². The number of hydrogen-bond donors (Lipinski definition) is 2. The van der Waals surface area contributed by atoms with Crippen LogP contribution in [0.2, 0.25) is 5.02 Å². The Labute approximate surface area is 339 Å². The zero-order valence-corrected chi connectivity index (χ0v) is 34.4. The van der Waals surface area contributed by atoms with Crippen LogP contribution in [0.25, 0.3) is 0 Å². The summed E-state index contributed by atoms with van der Waals surface area (Å²) in [6, 6.07) is 16.2. The van der Waals surface area contributed by atoms with Gasteiger partial charge in [0.2, 0.25) is 34.8 Å². The zero-order chi connectivity index (χ0) is 44.2. The van der Waals surface area contributed by atoms with E-state index in [9.17, 15) is 50.8 Å². The standard InChI is InChI=1S/C18H20ClN2O7P.C18H17F5NO5P/c1-12(2)26-18(22)13(3)20-29(25,27-15-7-5-4-6-8-15)28-17-10-9-14(21(23)24)11-16(17)19;1-9(2)27-18(25)10(3)24-30(26,28-11-7-5-4-6-8-11)29-17-15(22)13(20)12(19)14(21)16(17)23/h4-13H,1-3H3,(H,20,25);4-10H,1-3H3,(H,24,26)/t13-,29?;10-,30?/m00/s1. The Kier molecular flexibility index (Phi) is 17.2. The van der Waals surface area contributed by atoms with Crippen molar-refractivity contribution in [2.45, 2.75) is 65.8 Å². The van der Waals surface area contributed by atoms with Crippen LogP contribution in [0.4, 0.5) is 27.6 Å². The molecule has 59 heavy (non-hydrogen) atoms. The molecule has 15 nitrogen and oxygen atoms in total. The van der Waals surface area contributed by atoms with Crippen molar-refractivity contribution in [2.75, 3.05) is 0 Å². The molecule has 0 bridgehead atoms. The van der Waals surface area contributed by atoms with Gasteiger partial charge in [0.15, 0.2) is 5.75 Å². The molecule has 0 aromatic heterocycles. The van der Waals surface area contributed by atoms with E-state index in [-0.39, 0.29) is 34.1 Å². The first-order valence-electron chi connectivity index (χ1n) is 17.0. The highest BCUT2D eigenvalue weighted by molar-refractivity contribution is 7.52. The number of rotatable bonds is 17. The van der Waals surface area contributed by atoms with E-state index in [1.807, 2.05) is 0 Å². The van der Waals surface area contributed by atoms with E-state index >= 15 is 0 Å². The molecule has 2 unspecified atom stereocenters. The molecule has 0 aliphatic heterocycles. The van der Waals surface area contributed by atoms with Crippen molar-refractivity contribution in [2.24, 2.45) is 0 Å². The second-order valence-electron chi connectivity index (χ2n) is 12.4. The number of carbonyl (C=O) groups is 2. The Hall–Kier alpha value is -5.26. The number of ether oxygens (including phenoxy) is 2.